The Kier molecular flexibility index (Phi) is 7.00. The Balaban J connectivity index is 1.51. The van der Waals surface area contributed by atoms with Gasteiger partial charge in [-0.15, -0.1) is 0 Å². The lowest BCUT2D eigenvalue weighted by Gasteiger charge is -2.27. The van der Waals surface area contributed by atoms with Gasteiger partial charge in [-0.05, 0) is 59.5 Å². The molecule has 1 amide bonds. The zero-order valence-electron chi connectivity index (χ0n) is 20.7. The van der Waals surface area contributed by atoms with E-state index >= 15 is 0 Å². The number of rotatable bonds is 7. The molecule has 6 nitrogen and oxygen atoms in total. The number of carbonyl (C=O) groups excluding carboxylic acids is 2. The molecule has 5 rings (SSSR count). The van der Waals surface area contributed by atoms with Gasteiger partial charge in [0.25, 0.3) is 5.91 Å². The molecular formula is C31H25FN2O4. The number of hydrogen-bond acceptors (Lipinski definition) is 4. The third-order valence-electron chi connectivity index (χ3n) is 6.51. The van der Waals surface area contributed by atoms with Crippen LogP contribution in [-0.2, 0) is 22.7 Å². The first-order chi connectivity index (χ1) is 18.4. The highest BCUT2D eigenvalue weighted by Crippen LogP contribution is 2.40. The monoisotopic (exact) mass is 508 g/mol. The number of hydrogen-bond donors (Lipinski definition) is 0. The summed E-state index contributed by atoms with van der Waals surface area (Å²) in [6.45, 7) is 2.29. The quantitative estimate of drug-likeness (QED) is 0.215. The number of ether oxygens (including phenoxy) is 1. The summed E-state index contributed by atoms with van der Waals surface area (Å²) in [6, 6.07) is 22.8. The second-order valence-electron chi connectivity index (χ2n) is 9.13. The third kappa shape index (κ3) is 5.04. The summed E-state index contributed by atoms with van der Waals surface area (Å²) < 4.78 is 19.6. The van der Waals surface area contributed by atoms with Crippen LogP contribution in [0.2, 0.25) is 0 Å². The van der Waals surface area contributed by atoms with E-state index in [4.69, 9.17) is 4.74 Å². The molecule has 1 aliphatic rings. The number of pyridine rings is 1. The lowest BCUT2D eigenvalue weighted by atomic mass is 9.94. The molecule has 1 aliphatic heterocycles. The number of ketones is 1. The molecule has 1 N–H and O–H groups in total. The number of aromatic nitrogens is 1. The summed E-state index contributed by atoms with van der Waals surface area (Å²) in [5, 5.41) is 13.7. The van der Waals surface area contributed by atoms with Gasteiger partial charge in [0.05, 0.1) is 12.6 Å². The highest BCUT2D eigenvalue weighted by Gasteiger charge is 2.44. The summed E-state index contributed by atoms with van der Waals surface area (Å²) >= 11 is 0. The van der Waals surface area contributed by atoms with Crippen molar-refractivity contribution < 1.29 is 28.8 Å². The molecule has 0 saturated carbocycles. The molecular weight excluding hydrogens is 483 g/mol. The van der Waals surface area contributed by atoms with Crippen LogP contribution in [0.15, 0.2) is 103 Å². The van der Waals surface area contributed by atoms with Crippen LogP contribution in [0.4, 0.5) is 4.39 Å². The summed E-state index contributed by atoms with van der Waals surface area (Å²) in [4.78, 5) is 30.7. The van der Waals surface area contributed by atoms with Gasteiger partial charge in [0.15, 0.2) is 12.4 Å². The van der Waals surface area contributed by atoms with Crippen molar-refractivity contribution in [3.8, 4) is 5.75 Å². The third-order valence-corrected chi connectivity index (χ3v) is 6.51. The number of aryl methyl sites for hydroxylation is 1. The molecule has 3 aromatic carbocycles. The summed E-state index contributed by atoms with van der Waals surface area (Å²) in [5.41, 5.74) is 3.08. The van der Waals surface area contributed by atoms with Crippen LogP contribution in [0, 0.1) is 12.7 Å². The average Bonchev–Trinajstić information content (AvgIpc) is 3.18. The van der Waals surface area contributed by atoms with Crippen molar-refractivity contribution in [2.24, 2.45) is 0 Å². The number of nitrogens with zero attached hydrogens (tertiary/aromatic N) is 1. The van der Waals surface area contributed by atoms with E-state index < -0.39 is 29.3 Å². The maximum atomic E-state index is 13.7. The zero-order valence-corrected chi connectivity index (χ0v) is 20.7. The molecule has 1 atom stereocenters. The Morgan fingerprint density at radius 3 is 2.39 bits per heavy atom. The molecule has 7 heteroatoms. The summed E-state index contributed by atoms with van der Waals surface area (Å²) in [7, 11) is 0. The molecule has 2 heterocycles. The van der Waals surface area contributed by atoms with Crippen LogP contribution in [0.3, 0.4) is 0 Å². The fourth-order valence-electron chi connectivity index (χ4n) is 4.59. The van der Waals surface area contributed by atoms with E-state index in [1.165, 1.54) is 29.2 Å². The van der Waals surface area contributed by atoms with Crippen molar-refractivity contribution in [2.45, 2.75) is 26.1 Å². The average molecular weight is 509 g/mol. The molecule has 1 unspecified atom stereocenters. The number of halogens is 1. The second kappa shape index (κ2) is 10.7. The summed E-state index contributed by atoms with van der Waals surface area (Å²) in [6.07, 6.45) is 3.45. The van der Waals surface area contributed by atoms with Crippen LogP contribution in [-0.4, -0.2) is 16.6 Å². The van der Waals surface area contributed by atoms with Crippen molar-refractivity contribution in [3.05, 3.63) is 137 Å². The first-order valence-corrected chi connectivity index (χ1v) is 12.2. The molecule has 0 bridgehead atoms. The Bertz CT molecular complexity index is 1500. The number of H-pyrrole nitrogens is 1. The van der Waals surface area contributed by atoms with Crippen LogP contribution in [0.5, 0.6) is 5.75 Å². The predicted octanol–water partition coefficient (Wildman–Crippen LogP) is 3.95. The van der Waals surface area contributed by atoms with Gasteiger partial charge in [-0.2, -0.15) is 0 Å². The lowest BCUT2D eigenvalue weighted by Crippen LogP contribution is -2.29. The van der Waals surface area contributed by atoms with Gasteiger partial charge in [-0.25, -0.2) is 9.37 Å². The first-order valence-electron chi connectivity index (χ1n) is 12.2. The number of carbonyl (C=O) groups is 2. The number of aromatic amines is 1. The Morgan fingerprint density at radius 1 is 0.974 bits per heavy atom. The van der Waals surface area contributed by atoms with Gasteiger partial charge in [-0.1, -0.05) is 54.3 Å². The second-order valence-corrected chi connectivity index (χ2v) is 9.13. The van der Waals surface area contributed by atoms with Gasteiger partial charge in [0, 0.05) is 17.2 Å². The fourth-order valence-corrected chi connectivity index (χ4v) is 4.59. The van der Waals surface area contributed by atoms with E-state index in [2.05, 4.69) is 4.98 Å². The van der Waals surface area contributed by atoms with Crippen molar-refractivity contribution in [1.82, 2.24) is 4.90 Å². The van der Waals surface area contributed by atoms with E-state index in [1.807, 2.05) is 43.3 Å². The normalized spacial score (nSPS) is 16.6. The Morgan fingerprint density at radius 2 is 1.71 bits per heavy atom. The number of benzene rings is 3. The minimum Gasteiger partial charge on any atom is -0.872 e. The van der Waals surface area contributed by atoms with Crippen LogP contribution >= 0.6 is 0 Å². The molecule has 1 fully saturated rings. The van der Waals surface area contributed by atoms with Crippen LogP contribution in [0.1, 0.15) is 33.9 Å². The lowest BCUT2D eigenvalue weighted by molar-refractivity contribution is -0.378. The zero-order chi connectivity index (χ0) is 26.6. The van der Waals surface area contributed by atoms with E-state index in [9.17, 15) is 19.1 Å². The van der Waals surface area contributed by atoms with Gasteiger partial charge < -0.3 is 14.7 Å². The smallest absolute Gasteiger partial charge is 0.295 e. The molecule has 0 aliphatic carbocycles. The molecule has 190 valence electrons. The maximum Gasteiger partial charge on any atom is 0.295 e. The molecule has 0 radical (unpaired) electrons. The highest BCUT2D eigenvalue weighted by atomic mass is 19.1. The minimum atomic E-state index is -0.947. The Hall–Kier alpha value is -4.78. The molecule has 1 aromatic heterocycles. The van der Waals surface area contributed by atoms with Gasteiger partial charge in [0.1, 0.15) is 18.2 Å². The Labute approximate surface area is 219 Å². The molecule has 4 aromatic rings. The predicted molar refractivity (Wildman–Crippen MR) is 137 cm³/mol. The minimum absolute atomic E-state index is 0.103. The number of nitrogens with one attached hydrogen (secondary N) is 1. The van der Waals surface area contributed by atoms with Crippen LogP contribution in [0.25, 0.3) is 5.76 Å². The highest BCUT2D eigenvalue weighted by molar-refractivity contribution is 6.46. The standard InChI is InChI=1S/C31H25FN2O4/c1-20-16-24(11-14-26(20)38-19-21-6-3-2-4-7-21)29(35)27-28(23-9-12-25(32)13-10-23)34(31(37)30(27)36)18-22-8-5-15-33-17-22/h2-17,28,35H,18-19H2,1H3/b29-27+. The summed E-state index contributed by atoms with van der Waals surface area (Å²) in [5.74, 6) is -2.01. The van der Waals surface area contributed by atoms with Crippen molar-refractivity contribution in [1.29, 1.82) is 0 Å². The maximum absolute atomic E-state index is 13.7. The number of Topliss-reactive ketones (excluding diaryl/α,β-unsaturated/α-hetero) is 1. The van der Waals surface area contributed by atoms with E-state index in [0.29, 0.717) is 17.9 Å². The van der Waals surface area contributed by atoms with Crippen molar-refractivity contribution >= 4 is 17.4 Å². The van der Waals surface area contributed by atoms with E-state index in [-0.39, 0.29) is 17.7 Å². The van der Waals surface area contributed by atoms with Crippen molar-refractivity contribution in [3.63, 3.8) is 0 Å². The first kappa shape index (κ1) is 24.9. The van der Waals surface area contributed by atoms with E-state index in [1.54, 1.807) is 36.7 Å². The van der Waals surface area contributed by atoms with Crippen LogP contribution < -0.4 is 14.8 Å². The molecule has 1 saturated heterocycles. The van der Waals surface area contributed by atoms with Crippen molar-refractivity contribution in [2.75, 3.05) is 0 Å². The largest absolute Gasteiger partial charge is 0.872 e. The van der Waals surface area contributed by atoms with E-state index in [0.717, 1.165) is 16.7 Å². The number of amides is 1. The van der Waals surface area contributed by atoms with Gasteiger partial charge in [0.2, 0.25) is 5.78 Å². The van der Waals surface area contributed by atoms with Gasteiger partial charge in [-0.3, -0.25) is 9.59 Å². The SMILES string of the molecule is Cc1cc(/C([O-])=C2\C(=O)C(=O)N(Cc3ccc[nH+]c3)C2c2ccc(F)cc2)ccc1OCc1ccccc1. The molecule has 38 heavy (non-hydrogen) atoms. The number of likely N-dealkylation sites (tertiary alicyclic amines) is 1. The molecule has 0 spiro atoms. The fraction of sp³-hybridized carbons (Fsp3) is 0.129. The topological polar surface area (TPSA) is 83.8 Å². The van der Waals surface area contributed by atoms with Gasteiger partial charge >= 0.3 is 0 Å².